The fourth-order valence-electron chi connectivity index (χ4n) is 2.11. The molecule has 0 aliphatic rings. The average Bonchev–Trinajstić information content (AvgIpc) is 2.46. The van der Waals surface area contributed by atoms with Crippen molar-refractivity contribution >= 4 is 0 Å². The summed E-state index contributed by atoms with van der Waals surface area (Å²) in [7, 11) is 1.61. The van der Waals surface area contributed by atoms with Crippen molar-refractivity contribution in [2.75, 3.05) is 13.7 Å². The number of hydrogen-bond acceptors (Lipinski definition) is 4. The molecule has 1 aromatic heterocycles. The maximum atomic E-state index is 5.17. The molecule has 100 valence electrons. The molecule has 0 aliphatic carbocycles. The predicted molar refractivity (Wildman–Crippen MR) is 75.3 cm³/mol. The van der Waals surface area contributed by atoms with Gasteiger partial charge in [-0.3, -0.25) is 0 Å². The van der Waals surface area contributed by atoms with E-state index in [1.54, 1.807) is 7.11 Å². The number of ether oxygens (including phenoxy) is 1. The first-order valence-corrected chi connectivity index (χ1v) is 6.41. The zero-order chi connectivity index (χ0) is 13.7. The fourth-order valence-corrected chi connectivity index (χ4v) is 2.11. The van der Waals surface area contributed by atoms with Crippen LogP contribution in [0.4, 0.5) is 0 Å². The molecule has 0 saturated heterocycles. The van der Waals surface area contributed by atoms with E-state index in [2.05, 4.69) is 41.3 Å². The Hall–Kier alpha value is -1.94. The lowest BCUT2D eigenvalue weighted by Gasteiger charge is -2.20. The van der Waals surface area contributed by atoms with Crippen LogP contribution in [-0.2, 0) is 0 Å². The molecule has 1 unspecified atom stereocenters. The highest BCUT2D eigenvalue weighted by atomic mass is 16.5. The first-order valence-electron chi connectivity index (χ1n) is 6.41. The SMILES string of the molecule is CCNC(c1cc(OC)ncn1)c1ccccc1C. The van der Waals surface area contributed by atoms with Crippen molar-refractivity contribution in [3.8, 4) is 5.88 Å². The Morgan fingerprint density at radius 3 is 2.74 bits per heavy atom. The summed E-state index contributed by atoms with van der Waals surface area (Å²) >= 11 is 0. The van der Waals surface area contributed by atoms with Crippen molar-refractivity contribution in [3.05, 3.63) is 53.5 Å². The highest BCUT2D eigenvalue weighted by Crippen LogP contribution is 2.24. The molecule has 1 N–H and O–H groups in total. The van der Waals surface area contributed by atoms with Crippen LogP contribution in [0.3, 0.4) is 0 Å². The second-order valence-corrected chi connectivity index (χ2v) is 4.33. The van der Waals surface area contributed by atoms with Crippen LogP contribution >= 0.6 is 0 Å². The van der Waals surface area contributed by atoms with E-state index in [1.165, 1.54) is 17.5 Å². The molecule has 0 aliphatic heterocycles. The summed E-state index contributed by atoms with van der Waals surface area (Å²) in [5.41, 5.74) is 3.39. The molecule has 0 saturated carbocycles. The monoisotopic (exact) mass is 257 g/mol. The molecule has 0 fully saturated rings. The van der Waals surface area contributed by atoms with Crippen LogP contribution in [0.2, 0.25) is 0 Å². The number of nitrogens with zero attached hydrogens (tertiary/aromatic N) is 2. The summed E-state index contributed by atoms with van der Waals surface area (Å²) in [6.07, 6.45) is 1.54. The summed E-state index contributed by atoms with van der Waals surface area (Å²) in [5, 5.41) is 3.46. The molecule has 2 rings (SSSR count). The van der Waals surface area contributed by atoms with Crippen molar-refractivity contribution in [2.45, 2.75) is 19.9 Å². The number of rotatable bonds is 5. The zero-order valence-electron chi connectivity index (χ0n) is 11.6. The zero-order valence-corrected chi connectivity index (χ0v) is 11.6. The van der Waals surface area contributed by atoms with Crippen LogP contribution in [0.25, 0.3) is 0 Å². The van der Waals surface area contributed by atoms with Crippen LogP contribution in [0.15, 0.2) is 36.7 Å². The molecular formula is C15H19N3O. The van der Waals surface area contributed by atoms with Gasteiger partial charge in [-0.1, -0.05) is 31.2 Å². The normalized spacial score (nSPS) is 12.2. The second-order valence-electron chi connectivity index (χ2n) is 4.33. The maximum Gasteiger partial charge on any atom is 0.216 e. The van der Waals surface area contributed by atoms with Crippen LogP contribution < -0.4 is 10.1 Å². The van der Waals surface area contributed by atoms with Gasteiger partial charge < -0.3 is 10.1 Å². The number of aryl methyl sites for hydroxylation is 1. The van der Waals surface area contributed by atoms with Crippen molar-refractivity contribution in [1.82, 2.24) is 15.3 Å². The average molecular weight is 257 g/mol. The molecule has 0 amide bonds. The van der Waals surface area contributed by atoms with Gasteiger partial charge in [0.2, 0.25) is 5.88 Å². The third-order valence-corrected chi connectivity index (χ3v) is 3.08. The Kier molecular flexibility index (Phi) is 4.47. The Morgan fingerprint density at radius 2 is 2.05 bits per heavy atom. The largest absolute Gasteiger partial charge is 0.481 e. The minimum Gasteiger partial charge on any atom is -0.481 e. The molecule has 4 heteroatoms. The Morgan fingerprint density at radius 1 is 1.26 bits per heavy atom. The maximum absolute atomic E-state index is 5.17. The lowest BCUT2D eigenvalue weighted by molar-refractivity contribution is 0.395. The number of methoxy groups -OCH3 is 1. The Bertz CT molecular complexity index is 542. The Labute approximate surface area is 113 Å². The van der Waals surface area contributed by atoms with E-state index in [-0.39, 0.29) is 6.04 Å². The van der Waals surface area contributed by atoms with E-state index >= 15 is 0 Å². The molecule has 0 spiro atoms. The van der Waals surface area contributed by atoms with Crippen molar-refractivity contribution in [1.29, 1.82) is 0 Å². The van der Waals surface area contributed by atoms with Gasteiger partial charge >= 0.3 is 0 Å². The Balaban J connectivity index is 2.42. The minimum absolute atomic E-state index is 0.0584. The first kappa shape index (κ1) is 13.5. The summed E-state index contributed by atoms with van der Waals surface area (Å²) in [4.78, 5) is 8.43. The molecule has 4 nitrogen and oxygen atoms in total. The van der Waals surface area contributed by atoms with Crippen LogP contribution in [0, 0.1) is 6.92 Å². The molecular weight excluding hydrogens is 238 g/mol. The van der Waals surface area contributed by atoms with E-state index in [1.807, 2.05) is 18.2 Å². The number of nitrogens with one attached hydrogen (secondary N) is 1. The lowest BCUT2D eigenvalue weighted by Crippen LogP contribution is -2.23. The number of benzene rings is 1. The first-order chi connectivity index (χ1) is 9.26. The van der Waals surface area contributed by atoms with Crippen molar-refractivity contribution in [2.24, 2.45) is 0 Å². The van der Waals surface area contributed by atoms with Gasteiger partial charge in [-0.15, -0.1) is 0 Å². The van der Waals surface area contributed by atoms with Crippen LogP contribution in [0.1, 0.15) is 29.8 Å². The molecule has 0 bridgehead atoms. The molecule has 1 aromatic carbocycles. The van der Waals surface area contributed by atoms with Crippen LogP contribution in [-0.4, -0.2) is 23.6 Å². The topological polar surface area (TPSA) is 47.0 Å². The number of aromatic nitrogens is 2. The van der Waals surface area contributed by atoms with Gasteiger partial charge in [0.05, 0.1) is 18.8 Å². The fraction of sp³-hybridized carbons (Fsp3) is 0.333. The molecule has 2 aromatic rings. The van der Waals surface area contributed by atoms with Crippen molar-refractivity contribution in [3.63, 3.8) is 0 Å². The molecule has 1 heterocycles. The van der Waals surface area contributed by atoms with Crippen molar-refractivity contribution < 1.29 is 4.74 Å². The third kappa shape index (κ3) is 3.09. The highest BCUT2D eigenvalue weighted by molar-refractivity contribution is 5.35. The predicted octanol–water partition coefficient (Wildman–Crippen LogP) is 2.49. The van der Waals surface area contributed by atoms with Gasteiger partial charge in [0.15, 0.2) is 0 Å². The van der Waals surface area contributed by atoms with E-state index in [4.69, 9.17) is 4.74 Å². The summed E-state index contributed by atoms with van der Waals surface area (Å²) in [6.45, 7) is 5.06. The smallest absolute Gasteiger partial charge is 0.216 e. The van der Waals surface area contributed by atoms with Gasteiger partial charge in [0.1, 0.15) is 6.33 Å². The van der Waals surface area contributed by atoms with E-state index < -0.39 is 0 Å². The van der Waals surface area contributed by atoms with Gasteiger partial charge in [-0.2, -0.15) is 0 Å². The minimum atomic E-state index is 0.0584. The second kappa shape index (κ2) is 6.29. The van der Waals surface area contributed by atoms with Gasteiger partial charge in [-0.25, -0.2) is 9.97 Å². The van der Waals surface area contributed by atoms with E-state index in [0.717, 1.165) is 12.2 Å². The summed E-state index contributed by atoms with van der Waals surface area (Å²) < 4.78 is 5.17. The lowest BCUT2D eigenvalue weighted by atomic mass is 9.98. The summed E-state index contributed by atoms with van der Waals surface area (Å²) in [5.74, 6) is 0.585. The third-order valence-electron chi connectivity index (χ3n) is 3.08. The molecule has 19 heavy (non-hydrogen) atoms. The molecule has 1 atom stereocenters. The molecule has 0 radical (unpaired) electrons. The van der Waals surface area contributed by atoms with E-state index in [9.17, 15) is 0 Å². The van der Waals surface area contributed by atoms with E-state index in [0.29, 0.717) is 5.88 Å². The number of hydrogen-bond donors (Lipinski definition) is 1. The van der Waals surface area contributed by atoms with Gasteiger partial charge in [-0.05, 0) is 24.6 Å². The quantitative estimate of drug-likeness (QED) is 0.894. The highest BCUT2D eigenvalue weighted by Gasteiger charge is 2.16. The summed E-state index contributed by atoms with van der Waals surface area (Å²) in [6, 6.07) is 10.3. The van der Waals surface area contributed by atoms with Gasteiger partial charge in [0, 0.05) is 6.07 Å². The standard InChI is InChI=1S/C15H19N3O/c1-4-16-15(12-8-6-5-7-11(12)2)13-9-14(19-3)18-10-17-13/h5-10,15-16H,4H2,1-3H3. The van der Waals surface area contributed by atoms with Gasteiger partial charge in [0.25, 0.3) is 0 Å². The van der Waals surface area contributed by atoms with Crippen LogP contribution in [0.5, 0.6) is 5.88 Å².